The van der Waals surface area contributed by atoms with Crippen LogP contribution in [0.25, 0.3) is 0 Å². The van der Waals surface area contributed by atoms with E-state index in [2.05, 4.69) is 11.8 Å². The Labute approximate surface area is 102 Å². The summed E-state index contributed by atoms with van der Waals surface area (Å²) in [5.41, 5.74) is 0.627. The van der Waals surface area contributed by atoms with E-state index in [4.69, 9.17) is 4.74 Å². The van der Waals surface area contributed by atoms with E-state index in [0.717, 1.165) is 25.6 Å². The molecule has 1 aliphatic heterocycles. The lowest BCUT2D eigenvalue weighted by Gasteiger charge is -2.14. The third-order valence-electron chi connectivity index (χ3n) is 3.16. The van der Waals surface area contributed by atoms with Crippen molar-refractivity contribution in [3.63, 3.8) is 0 Å². The van der Waals surface area contributed by atoms with E-state index in [-0.39, 0.29) is 5.97 Å². The Morgan fingerprint density at radius 2 is 2.18 bits per heavy atom. The molecule has 0 radical (unpaired) electrons. The summed E-state index contributed by atoms with van der Waals surface area (Å²) in [6, 6.07) is 9.14. The molecule has 0 saturated carbocycles. The van der Waals surface area contributed by atoms with Gasteiger partial charge in [0.15, 0.2) is 0 Å². The van der Waals surface area contributed by atoms with Crippen LogP contribution in [0.5, 0.6) is 0 Å². The fourth-order valence-corrected chi connectivity index (χ4v) is 2.15. The summed E-state index contributed by atoms with van der Waals surface area (Å²) in [7, 11) is 0. The van der Waals surface area contributed by atoms with E-state index in [0.29, 0.717) is 12.2 Å². The minimum atomic E-state index is -0.224. The maximum absolute atomic E-state index is 11.6. The topological polar surface area (TPSA) is 29.5 Å². The van der Waals surface area contributed by atoms with Crippen molar-refractivity contribution in [1.29, 1.82) is 0 Å². The zero-order chi connectivity index (χ0) is 12.1. The molecule has 1 atom stereocenters. The van der Waals surface area contributed by atoms with E-state index in [1.54, 1.807) is 12.1 Å². The predicted molar refractivity (Wildman–Crippen MR) is 66.9 cm³/mol. The smallest absolute Gasteiger partial charge is 0.338 e. The summed E-state index contributed by atoms with van der Waals surface area (Å²) in [5, 5.41) is 0. The van der Waals surface area contributed by atoms with Crippen LogP contribution in [0.2, 0.25) is 0 Å². The fourth-order valence-electron chi connectivity index (χ4n) is 2.15. The highest BCUT2D eigenvalue weighted by atomic mass is 16.5. The number of rotatable bonds is 4. The Morgan fingerprint density at radius 1 is 1.41 bits per heavy atom. The molecular weight excluding hydrogens is 214 g/mol. The minimum absolute atomic E-state index is 0.224. The zero-order valence-electron chi connectivity index (χ0n) is 10.3. The molecule has 1 aliphatic rings. The second-order valence-corrected chi connectivity index (χ2v) is 4.70. The number of likely N-dealkylation sites (tertiary alicyclic amines) is 1. The molecule has 1 aromatic carbocycles. The molecule has 3 nitrogen and oxygen atoms in total. The molecule has 3 heteroatoms. The van der Waals surface area contributed by atoms with Crippen LogP contribution in [0.4, 0.5) is 0 Å². The molecule has 92 valence electrons. The van der Waals surface area contributed by atoms with Crippen LogP contribution in [0.15, 0.2) is 30.3 Å². The van der Waals surface area contributed by atoms with E-state index in [1.807, 2.05) is 18.2 Å². The van der Waals surface area contributed by atoms with Gasteiger partial charge >= 0.3 is 5.97 Å². The number of carbonyl (C=O) groups is 1. The average molecular weight is 233 g/mol. The second-order valence-electron chi connectivity index (χ2n) is 4.70. The Bertz CT molecular complexity index is 364. The summed E-state index contributed by atoms with van der Waals surface area (Å²) in [6.07, 6.45) is 1.26. The summed E-state index contributed by atoms with van der Waals surface area (Å²) in [5.74, 6) is 0.553. The van der Waals surface area contributed by atoms with Gasteiger partial charge in [0.25, 0.3) is 0 Å². The number of hydrogen-bond donors (Lipinski definition) is 0. The molecule has 0 N–H and O–H groups in total. The first-order chi connectivity index (χ1) is 8.25. The van der Waals surface area contributed by atoms with Gasteiger partial charge in [0.1, 0.15) is 6.61 Å². The lowest BCUT2D eigenvalue weighted by molar-refractivity contribution is 0.0471. The molecule has 0 spiro atoms. The number of nitrogens with zero attached hydrogens (tertiary/aromatic N) is 1. The molecule has 0 aliphatic carbocycles. The number of esters is 1. The van der Waals surface area contributed by atoms with Crippen molar-refractivity contribution in [2.75, 3.05) is 26.2 Å². The third kappa shape index (κ3) is 3.56. The Kier molecular flexibility index (Phi) is 4.15. The van der Waals surface area contributed by atoms with Crippen molar-refractivity contribution < 1.29 is 9.53 Å². The minimum Gasteiger partial charge on any atom is -0.461 e. The fraction of sp³-hybridized carbons (Fsp3) is 0.500. The molecule has 1 heterocycles. The maximum atomic E-state index is 11.6. The van der Waals surface area contributed by atoms with Gasteiger partial charge in [-0.1, -0.05) is 25.1 Å². The van der Waals surface area contributed by atoms with Gasteiger partial charge in [-0.15, -0.1) is 0 Å². The van der Waals surface area contributed by atoms with Gasteiger partial charge in [0, 0.05) is 13.1 Å². The molecule has 1 saturated heterocycles. The van der Waals surface area contributed by atoms with E-state index < -0.39 is 0 Å². The first kappa shape index (κ1) is 12.1. The van der Waals surface area contributed by atoms with Gasteiger partial charge in [-0.2, -0.15) is 0 Å². The molecule has 0 bridgehead atoms. The van der Waals surface area contributed by atoms with Crippen LogP contribution in [-0.2, 0) is 4.74 Å². The molecule has 1 fully saturated rings. The van der Waals surface area contributed by atoms with Gasteiger partial charge in [-0.05, 0) is 31.0 Å². The maximum Gasteiger partial charge on any atom is 0.338 e. The first-order valence-electron chi connectivity index (χ1n) is 6.20. The molecule has 2 rings (SSSR count). The summed E-state index contributed by atoms with van der Waals surface area (Å²) in [4.78, 5) is 14.0. The van der Waals surface area contributed by atoms with Crippen molar-refractivity contribution in [3.8, 4) is 0 Å². The van der Waals surface area contributed by atoms with E-state index in [9.17, 15) is 4.79 Å². The second kappa shape index (κ2) is 5.82. The van der Waals surface area contributed by atoms with Crippen LogP contribution in [0, 0.1) is 5.92 Å². The molecule has 17 heavy (non-hydrogen) atoms. The van der Waals surface area contributed by atoms with Gasteiger partial charge in [-0.25, -0.2) is 4.79 Å². The van der Waals surface area contributed by atoms with Crippen LogP contribution in [-0.4, -0.2) is 37.1 Å². The number of ether oxygens (including phenoxy) is 1. The third-order valence-corrected chi connectivity index (χ3v) is 3.16. The molecule has 1 unspecified atom stereocenters. The number of hydrogen-bond acceptors (Lipinski definition) is 3. The standard InChI is InChI=1S/C14H19NO2/c1-12-7-8-15(11-12)9-10-17-14(16)13-5-3-2-4-6-13/h2-6,12H,7-11H2,1H3. The highest BCUT2D eigenvalue weighted by molar-refractivity contribution is 5.89. The molecular formula is C14H19NO2. The van der Waals surface area contributed by atoms with E-state index >= 15 is 0 Å². The highest BCUT2D eigenvalue weighted by Gasteiger charge is 2.18. The molecule has 0 amide bonds. The SMILES string of the molecule is CC1CCN(CCOC(=O)c2ccccc2)C1. The van der Waals surface area contributed by atoms with Crippen molar-refractivity contribution in [2.24, 2.45) is 5.92 Å². The Morgan fingerprint density at radius 3 is 2.82 bits per heavy atom. The zero-order valence-corrected chi connectivity index (χ0v) is 10.3. The average Bonchev–Trinajstić information content (AvgIpc) is 2.76. The van der Waals surface area contributed by atoms with Gasteiger partial charge in [0.2, 0.25) is 0 Å². The number of benzene rings is 1. The van der Waals surface area contributed by atoms with Crippen LogP contribution >= 0.6 is 0 Å². The Hall–Kier alpha value is -1.35. The summed E-state index contributed by atoms with van der Waals surface area (Å²) >= 11 is 0. The molecule has 0 aromatic heterocycles. The monoisotopic (exact) mass is 233 g/mol. The molecule has 1 aromatic rings. The summed E-state index contributed by atoms with van der Waals surface area (Å²) < 4.78 is 5.24. The van der Waals surface area contributed by atoms with Gasteiger partial charge < -0.3 is 4.74 Å². The lowest BCUT2D eigenvalue weighted by Crippen LogP contribution is -2.26. The largest absolute Gasteiger partial charge is 0.461 e. The van der Waals surface area contributed by atoms with Crippen molar-refractivity contribution >= 4 is 5.97 Å². The van der Waals surface area contributed by atoms with Crippen molar-refractivity contribution in [3.05, 3.63) is 35.9 Å². The number of carbonyl (C=O) groups excluding carboxylic acids is 1. The first-order valence-corrected chi connectivity index (χ1v) is 6.20. The van der Waals surface area contributed by atoms with Crippen molar-refractivity contribution in [2.45, 2.75) is 13.3 Å². The van der Waals surface area contributed by atoms with Gasteiger partial charge in [-0.3, -0.25) is 4.90 Å². The van der Waals surface area contributed by atoms with Crippen LogP contribution < -0.4 is 0 Å². The van der Waals surface area contributed by atoms with Crippen LogP contribution in [0.1, 0.15) is 23.7 Å². The van der Waals surface area contributed by atoms with Crippen LogP contribution in [0.3, 0.4) is 0 Å². The lowest BCUT2D eigenvalue weighted by atomic mass is 10.2. The Balaban J connectivity index is 1.70. The van der Waals surface area contributed by atoms with Crippen molar-refractivity contribution in [1.82, 2.24) is 4.90 Å². The predicted octanol–water partition coefficient (Wildman–Crippen LogP) is 2.19. The quantitative estimate of drug-likeness (QED) is 0.747. The van der Waals surface area contributed by atoms with Gasteiger partial charge in [0.05, 0.1) is 5.56 Å². The normalized spacial score (nSPS) is 20.4. The summed E-state index contributed by atoms with van der Waals surface area (Å²) in [6.45, 7) is 5.85. The van der Waals surface area contributed by atoms with E-state index in [1.165, 1.54) is 6.42 Å². The highest BCUT2D eigenvalue weighted by Crippen LogP contribution is 2.14.